The molecule has 5 nitrogen and oxygen atoms in total. The topological polar surface area (TPSA) is 60.9 Å². The van der Waals surface area contributed by atoms with Crippen LogP contribution in [-0.2, 0) is 4.79 Å². The Morgan fingerprint density at radius 2 is 2.12 bits per heavy atom. The predicted molar refractivity (Wildman–Crippen MR) is 64.8 cm³/mol. The van der Waals surface area contributed by atoms with Crippen LogP contribution in [0.5, 0.6) is 0 Å². The van der Waals surface area contributed by atoms with Crippen molar-refractivity contribution in [1.82, 2.24) is 9.80 Å². The summed E-state index contributed by atoms with van der Waals surface area (Å²) in [4.78, 5) is 26.4. The van der Waals surface area contributed by atoms with Gasteiger partial charge < -0.3 is 14.9 Å². The molecule has 1 rings (SSSR count). The van der Waals surface area contributed by atoms with Crippen LogP contribution >= 0.6 is 0 Å². The van der Waals surface area contributed by atoms with Crippen molar-refractivity contribution in [3.8, 4) is 0 Å². The maximum Gasteiger partial charge on any atom is 0.320 e. The second-order valence-electron chi connectivity index (χ2n) is 4.73. The van der Waals surface area contributed by atoms with Crippen molar-refractivity contribution in [3.05, 3.63) is 0 Å². The van der Waals surface area contributed by atoms with E-state index in [-0.39, 0.29) is 12.1 Å². The van der Waals surface area contributed by atoms with Crippen LogP contribution in [0.25, 0.3) is 0 Å². The number of carbonyl (C=O) groups is 2. The molecule has 0 aliphatic carbocycles. The van der Waals surface area contributed by atoms with E-state index < -0.39 is 11.9 Å². The molecule has 1 aliphatic heterocycles. The summed E-state index contributed by atoms with van der Waals surface area (Å²) in [5, 5.41) is 9.01. The van der Waals surface area contributed by atoms with Crippen molar-refractivity contribution in [2.75, 3.05) is 20.1 Å². The van der Waals surface area contributed by atoms with Gasteiger partial charge in [-0.2, -0.15) is 0 Å². The van der Waals surface area contributed by atoms with Crippen molar-refractivity contribution < 1.29 is 14.7 Å². The molecular weight excluding hydrogens is 220 g/mol. The van der Waals surface area contributed by atoms with Gasteiger partial charge in [0.15, 0.2) is 0 Å². The number of rotatable bonds is 4. The monoisotopic (exact) mass is 242 g/mol. The molecule has 1 fully saturated rings. The maximum absolute atomic E-state index is 12.1. The quantitative estimate of drug-likeness (QED) is 0.815. The fourth-order valence-corrected chi connectivity index (χ4v) is 2.25. The lowest BCUT2D eigenvalue weighted by Gasteiger charge is -2.28. The van der Waals surface area contributed by atoms with E-state index in [0.717, 1.165) is 19.4 Å². The van der Waals surface area contributed by atoms with Gasteiger partial charge in [0.05, 0.1) is 5.92 Å². The number of aliphatic carboxylic acids is 1. The van der Waals surface area contributed by atoms with E-state index in [2.05, 4.69) is 6.92 Å². The van der Waals surface area contributed by atoms with Crippen LogP contribution in [0.2, 0.25) is 0 Å². The van der Waals surface area contributed by atoms with Crippen molar-refractivity contribution in [3.63, 3.8) is 0 Å². The molecule has 5 heteroatoms. The average Bonchev–Trinajstić information content (AvgIpc) is 2.67. The number of carbonyl (C=O) groups excluding carboxylic acids is 1. The molecule has 1 N–H and O–H groups in total. The first kappa shape index (κ1) is 13.8. The highest BCUT2D eigenvalue weighted by Crippen LogP contribution is 2.25. The number of amides is 2. The second kappa shape index (κ2) is 5.89. The molecule has 98 valence electrons. The molecule has 2 amide bonds. The Kier molecular flexibility index (Phi) is 4.78. The van der Waals surface area contributed by atoms with E-state index in [1.807, 2.05) is 6.92 Å². The minimum Gasteiger partial charge on any atom is -0.481 e. The third-order valence-corrected chi connectivity index (χ3v) is 3.49. The zero-order valence-electron chi connectivity index (χ0n) is 10.8. The normalized spacial score (nSPS) is 23.8. The Morgan fingerprint density at radius 3 is 2.59 bits per heavy atom. The van der Waals surface area contributed by atoms with Crippen LogP contribution in [0.3, 0.4) is 0 Å². The molecule has 0 bridgehead atoms. The molecule has 0 aromatic heterocycles. The molecule has 0 aromatic carbocycles. The van der Waals surface area contributed by atoms with Gasteiger partial charge in [-0.05, 0) is 19.8 Å². The van der Waals surface area contributed by atoms with Gasteiger partial charge in [-0.25, -0.2) is 4.79 Å². The number of carboxylic acid groups (broad SMARTS) is 1. The molecule has 0 radical (unpaired) electrons. The number of hydrogen-bond donors (Lipinski definition) is 1. The molecule has 17 heavy (non-hydrogen) atoms. The lowest BCUT2D eigenvalue weighted by molar-refractivity contribution is -0.142. The lowest BCUT2D eigenvalue weighted by Crippen LogP contribution is -2.44. The smallest absolute Gasteiger partial charge is 0.320 e. The van der Waals surface area contributed by atoms with Crippen LogP contribution in [0.1, 0.15) is 33.1 Å². The van der Waals surface area contributed by atoms with E-state index in [1.54, 1.807) is 16.8 Å². The Labute approximate surface area is 102 Å². The number of carboxylic acids is 1. The van der Waals surface area contributed by atoms with E-state index in [0.29, 0.717) is 13.0 Å². The van der Waals surface area contributed by atoms with Crippen LogP contribution in [0.15, 0.2) is 0 Å². The van der Waals surface area contributed by atoms with Crippen LogP contribution in [0.4, 0.5) is 4.79 Å². The van der Waals surface area contributed by atoms with Gasteiger partial charge in [-0.15, -0.1) is 0 Å². The third kappa shape index (κ3) is 3.11. The molecule has 0 saturated carbocycles. The average molecular weight is 242 g/mol. The van der Waals surface area contributed by atoms with Crippen molar-refractivity contribution >= 4 is 12.0 Å². The molecule has 2 atom stereocenters. The first-order valence-electron chi connectivity index (χ1n) is 6.23. The van der Waals surface area contributed by atoms with Crippen LogP contribution < -0.4 is 0 Å². The first-order valence-corrected chi connectivity index (χ1v) is 6.23. The van der Waals surface area contributed by atoms with Gasteiger partial charge in [0.1, 0.15) is 0 Å². The van der Waals surface area contributed by atoms with Gasteiger partial charge in [0, 0.05) is 26.2 Å². The Hall–Kier alpha value is -1.26. The van der Waals surface area contributed by atoms with Crippen molar-refractivity contribution in [2.45, 2.75) is 39.2 Å². The SMILES string of the molecule is CCCCN(C)C(=O)N1CCC(C(=O)O)C1C. The van der Waals surface area contributed by atoms with Gasteiger partial charge in [-0.1, -0.05) is 13.3 Å². The highest BCUT2D eigenvalue weighted by atomic mass is 16.4. The summed E-state index contributed by atoms with van der Waals surface area (Å²) in [7, 11) is 1.78. The zero-order chi connectivity index (χ0) is 13.0. The number of hydrogen-bond acceptors (Lipinski definition) is 2. The van der Waals surface area contributed by atoms with Gasteiger partial charge in [-0.3, -0.25) is 4.79 Å². The summed E-state index contributed by atoms with van der Waals surface area (Å²) >= 11 is 0. The lowest BCUT2D eigenvalue weighted by atomic mass is 10.0. The number of nitrogens with zero attached hydrogens (tertiary/aromatic N) is 2. The molecule has 1 aliphatic rings. The zero-order valence-corrected chi connectivity index (χ0v) is 10.8. The number of likely N-dealkylation sites (tertiary alicyclic amines) is 1. The first-order chi connectivity index (χ1) is 7.99. The summed E-state index contributed by atoms with van der Waals surface area (Å²) in [6.45, 7) is 5.18. The predicted octanol–water partition coefficient (Wildman–Crippen LogP) is 1.63. The summed E-state index contributed by atoms with van der Waals surface area (Å²) in [6.07, 6.45) is 2.58. The summed E-state index contributed by atoms with van der Waals surface area (Å²) in [5.41, 5.74) is 0. The minimum atomic E-state index is -0.802. The minimum absolute atomic E-state index is 0.0466. The molecule has 1 heterocycles. The van der Waals surface area contributed by atoms with Gasteiger partial charge in [0.25, 0.3) is 0 Å². The van der Waals surface area contributed by atoms with Crippen molar-refractivity contribution in [2.24, 2.45) is 5.92 Å². The highest BCUT2D eigenvalue weighted by Gasteiger charge is 2.38. The van der Waals surface area contributed by atoms with Gasteiger partial charge >= 0.3 is 12.0 Å². The summed E-state index contributed by atoms with van der Waals surface area (Å²) < 4.78 is 0. The summed E-state index contributed by atoms with van der Waals surface area (Å²) in [5.74, 6) is -1.22. The molecule has 0 aromatic rings. The standard InChI is InChI=1S/C12H22N2O3/c1-4-5-7-13(3)12(17)14-8-6-10(9(14)2)11(15)16/h9-10H,4-8H2,1-3H3,(H,15,16). The van der Waals surface area contributed by atoms with E-state index in [9.17, 15) is 9.59 Å². The molecule has 1 saturated heterocycles. The Balaban J connectivity index is 2.56. The third-order valence-electron chi connectivity index (χ3n) is 3.49. The van der Waals surface area contributed by atoms with E-state index >= 15 is 0 Å². The Morgan fingerprint density at radius 1 is 1.47 bits per heavy atom. The summed E-state index contributed by atoms with van der Waals surface area (Å²) in [6, 6.07) is -0.251. The van der Waals surface area contributed by atoms with Crippen LogP contribution in [-0.4, -0.2) is 53.1 Å². The van der Waals surface area contributed by atoms with Crippen LogP contribution in [0, 0.1) is 5.92 Å². The number of urea groups is 1. The highest BCUT2D eigenvalue weighted by molar-refractivity contribution is 5.78. The molecule has 0 spiro atoms. The van der Waals surface area contributed by atoms with Crippen molar-refractivity contribution in [1.29, 1.82) is 0 Å². The molecule has 2 unspecified atom stereocenters. The number of unbranched alkanes of at least 4 members (excludes halogenated alkanes) is 1. The largest absolute Gasteiger partial charge is 0.481 e. The fourth-order valence-electron chi connectivity index (χ4n) is 2.25. The molecular formula is C12H22N2O3. The maximum atomic E-state index is 12.1. The van der Waals surface area contributed by atoms with E-state index in [4.69, 9.17) is 5.11 Å². The Bertz CT molecular complexity index is 293. The fraction of sp³-hybridized carbons (Fsp3) is 0.833. The van der Waals surface area contributed by atoms with E-state index in [1.165, 1.54) is 0 Å². The second-order valence-corrected chi connectivity index (χ2v) is 4.73. The van der Waals surface area contributed by atoms with Gasteiger partial charge in [0.2, 0.25) is 0 Å².